The summed E-state index contributed by atoms with van der Waals surface area (Å²) in [5.41, 5.74) is 2.79. The van der Waals surface area contributed by atoms with Crippen LogP contribution in [0.4, 0.5) is 5.69 Å². The molecule has 27 heavy (non-hydrogen) atoms. The molecule has 0 saturated carbocycles. The lowest BCUT2D eigenvalue weighted by Gasteiger charge is -2.36. The van der Waals surface area contributed by atoms with Gasteiger partial charge in [-0.3, -0.25) is 14.8 Å². The molecular formula is C21H20N2O4. The number of para-hydroxylation sites is 1. The van der Waals surface area contributed by atoms with Crippen LogP contribution < -0.4 is 5.01 Å². The van der Waals surface area contributed by atoms with Crippen LogP contribution in [0.2, 0.25) is 0 Å². The van der Waals surface area contributed by atoms with Gasteiger partial charge in [0.1, 0.15) is 5.92 Å². The summed E-state index contributed by atoms with van der Waals surface area (Å²) in [6.45, 7) is 0. The fourth-order valence-electron chi connectivity index (χ4n) is 3.99. The fraction of sp³-hybridized carbons (Fsp3) is 0.238. The van der Waals surface area contributed by atoms with Crippen molar-refractivity contribution >= 4 is 23.7 Å². The number of hydrogen-bond donors (Lipinski definition) is 0. The van der Waals surface area contributed by atoms with Crippen molar-refractivity contribution < 1.29 is 19.1 Å². The van der Waals surface area contributed by atoms with Gasteiger partial charge in [-0.15, -0.1) is 0 Å². The first-order valence-corrected chi connectivity index (χ1v) is 8.72. The van der Waals surface area contributed by atoms with Gasteiger partial charge in [0.25, 0.3) is 0 Å². The van der Waals surface area contributed by atoms with Crippen LogP contribution in [0.1, 0.15) is 17.2 Å². The van der Waals surface area contributed by atoms with Crippen molar-refractivity contribution in [2.75, 3.05) is 19.2 Å². The number of nitrogens with zero attached hydrogens (tertiary/aromatic N) is 2. The largest absolute Gasteiger partial charge is 0.469 e. The van der Waals surface area contributed by atoms with Crippen molar-refractivity contribution in [3.8, 4) is 0 Å². The van der Waals surface area contributed by atoms with Crippen LogP contribution in [0.3, 0.4) is 0 Å². The maximum absolute atomic E-state index is 12.8. The number of carbonyl (C=O) groups excluding carboxylic acids is 2. The first kappa shape index (κ1) is 17.1. The molecule has 2 heterocycles. The number of fused-ring (bicyclic) bond motifs is 3. The van der Waals surface area contributed by atoms with Crippen LogP contribution >= 0.6 is 0 Å². The molecule has 0 bridgehead atoms. The number of carbonyl (C=O) groups is 2. The number of anilines is 1. The molecule has 138 valence electrons. The predicted molar refractivity (Wildman–Crippen MR) is 100 cm³/mol. The number of esters is 2. The van der Waals surface area contributed by atoms with Crippen molar-refractivity contribution in [3.05, 3.63) is 71.9 Å². The minimum atomic E-state index is -0.828. The van der Waals surface area contributed by atoms with Gasteiger partial charge in [0.05, 0.1) is 25.9 Å². The summed E-state index contributed by atoms with van der Waals surface area (Å²) in [6, 6.07) is 16.2. The van der Waals surface area contributed by atoms with E-state index in [-0.39, 0.29) is 6.04 Å². The van der Waals surface area contributed by atoms with E-state index in [9.17, 15) is 9.59 Å². The average molecular weight is 364 g/mol. The third kappa shape index (κ3) is 2.65. The van der Waals surface area contributed by atoms with E-state index in [0.29, 0.717) is 0 Å². The minimum absolute atomic E-state index is 0.358. The van der Waals surface area contributed by atoms with E-state index in [2.05, 4.69) is 0 Å². The smallest absolute Gasteiger partial charge is 0.331 e. The maximum atomic E-state index is 12.8. The van der Waals surface area contributed by atoms with E-state index >= 15 is 0 Å². The first-order chi connectivity index (χ1) is 13.2. The van der Waals surface area contributed by atoms with E-state index in [1.165, 1.54) is 14.2 Å². The number of hydrazine groups is 1. The van der Waals surface area contributed by atoms with Crippen LogP contribution in [0, 0.1) is 5.92 Å². The van der Waals surface area contributed by atoms with E-state index in [4.69, 9.17) is 9.47 Å². The second-order valence-corrected chi connectivity index (χ2v) is 6.47. The summed E-state index contributed by atoms with van der Waals surface area (Å²) in [5.74, 6) is -1.65. The zero-order valence-corrected chi connectivity index (χ0v) is 15.1. The molecule has 6 nitrogen and oxygen atoms in total. The molecule has 0 aliphatic carbocycles. The van der Waals surface area contributed by atoms with Gasteiger partial charge < -0.3 is 9.47 Å². The highest BCUT2D eigenvalue weighted by Gasteiger charge is 2.56. The standard InChI is InChI=1S/C21H20N2O4/c1-26-20(24)17-18-16-11-7-6-8-14(16)12-13-22(18)23(19(17)21(25)27-2)15-9-4-3-5-10-15/h3-13,17-19H,1-2H3/t17-,18+,19-/m1/s1. The Morgan fingerprint density at radius 2 is 1.56 bits per heavy atom. The normalized spacial score (nSPS) is 22.8. The number of methoxy groups -OCH3 is 2. The van der Waals surface area contributed by atoms with Crippen molar-refractivity contribution in [2.45, 2.75) is 12.1 Å². The van der Waals surface area contributed by atoms with Gasteiger partial charge in [0.2, 0.25) is 0 Å². The number of ether oxygens (including phenoxy) is 2. The van der Waals surface area contributed by atoms with Gasteiger partial charge in [0.15, 0.2) is 6.04 Å². The lowest BCUT2D eigenvalue weighted by Crippen LogP contribution is -2.46. The molecule has 0 N–H and O–H groups in total. The van der Waals surface area contributed by atoms with Crippen molar-refractivity contribution in [1.29, 1.82) is 0 Å². The van der Waals surface area contributed by atoms with Gasteiger partial charge in [-0.2, -0.15) is 0 Å². The Morgan fingerprint density at radius 1 is 0.889 bits per heavy atom. The summed E-state index contributed by atoms with van der Waals surface area (Å²) in [4.78, 5) is 25.5. The Bertz CT molecular complexity index is 880. The summed E-state index contributed by atoms with van der Waals surface area (Å²) < 4.78 is 10.1. The number of rotatable bonds is 3. The molecule has 0 amide bonds. The van der Waals surface area contributed by atoms with Gasteiger partial charge >= 0.3 is 11.9 Å². The first-order valence-electron chi connectivity index (χ1n) is 8.72. The lowest BCUT2D eigenvalue weighted by molar-refractivity contribution is -0.153. The van der Waals surface area contributed by atoms with Crippen LogP contribution in [0.5, 0.6) is 0 Å². The summed E-state index contributed by atoms with van der Waals surface area (Å²) in [6.07, 6.45) is 3.88. The maximum Gasteiger partial charge on any atom is 0.331 e. The molecule has 2 aliphatic heterocycles. The molecule has 2 aliphatic rings. The third-order valence-electron chi connectivity index (χ3n) is 5.14. The minimum Gasteiger partial charge on any atom is -0.469 e. The van der Waals surface area contributed by atoms with Gasteiger partial charge in [-0.25, -0.2) is 4.79 Å². The molecule has 1 saturated heterocycles. The summed E-state index contributed by atoms with van der Waals surface area (Å²) >= 11 is 0. The van der Waals surface area contributed by atoms with Gasteiger partial charge in [0, 0.05) is 6.20 Å². The van der Waals surface area contributed by atoms with Crippen LogP contribution in [-0.2, 0) is 19.1 Å². The second kappa shape index (κ2) is 6.79. The molecule has 0 radical (unpaired) electrons. The van der Waals surface area contributed by atoms with E-state index in [1.807, 2.05) is 76.9 Å². The van der Waals surface area contributed by atoms with E-state index in [1.54, 1.807) is 0 Å². The highest BCUT2D eigenvalue weighted by atomic mass is 16.5. The SMILES string of the molecule is COC(=O)[C@@H]1[C@@H]2c3ccccc3C=CN2N(c2ccccc2)[C@H]1C(=O)OC. The third-order valence-corrected chi connectivity index (χ3v) is 5.14. The Balaban J connectivity index is 1.92. The van der Waals surface area contributed by atoms with Gasteiger partial charge in [-0.1, -0.05) is 42.5 Å². The second-order valence-electron chi connectivity index (χ2n) is 6.47. The Labute approximate surface area is 157 Å². The zero-order valence-electron chi connectivity index (χ0n) is 15.1. The zero-order chi connectivity index (χ0) is 19.0. The highest BCUT2D eigenvalue weighted by Crippen LogP contribution is 2.47. The molecule has 0 aromatic heterocycles. The van der Waals surface area contributed by atoms with Crippen molar-refractivity contribution in [1.82, 2.24) is 5.01 Å². The lowest BCUT2D eigenvalue weighted by atomic mass is 9.85. The molecule has 6 heteroatoms. The Morgan fingerprint density at radius 3 is 2.26 bits per heavy atom. The number of hydrogen-bond acceptors (Lipinski definition) is 6. The molecular weight excluding hydrogens is 344 g/mol. The molecule has 0 spiro atoms. The van der Waals surface area contributed by atoms with Crippen LogP contribution in [0.15, 0.2) is 60.8 Å². The highest BCUT2D eigenvalue weighted by molar-refractivity contribution is 5.90. The van der Waals surface area contributed by atoms with Gasteiger partial charge in [-0.05, 0) is 29.3 Å². The molecule has 4 rings (SSSR count). The topological polar surface area (TPSA) is 59.1 Å². The van der Waals surface area contributed by atoms with E-state index < -0.39 is 23.9 Å². The average Bonchev–Trinajstić information content (AvgIpc) is 3.08. The van der Waals surface area contributed by atoms with Crippen LogP contribution in [-0.4, -0.2) is 37.2 Å². The van der Waals surface area contributed by atoms with Crippen molar-refractivity contribution in [2.24, 2.45) is 5.92 Å². The van der Waals surface area contributed by atoms with E-state index in [0.717, 1.165) is 16.8 Å². The van der Waals surface area contributed by atoms with Crippen LogP contribution in [0.25, 0.3) is 6.08 Å². The monoisotopic (exact) mass is 364 g/mol. The predicted octanol–water partition coefficient (Wildman–Crippen LogP) is 2.78. The molecule has 3 atom stereocenters. The molecule has 2 aromatic carbocycles. The molecule has 2 aromatic rings. The Kier molecular flexibility index (Phi) is 4.32. The Hall–Kier alpha value is -3.28. The summed E-state index contributed by atoms with van der Waals surface area (Å²) in [5, 5.41) is 3.76. The number of benzene rings is 2. The fourth-order valence-corrected chi connectivity index (χ4v) is 3.99. The summed E-state index contributed by atoms with van der Waals surface area (Å²) in [7, 11) is 2.68. The molecule has 0 unspecified atom stereocenters. The van der Waals surface area contributed by atoms with Crippen molar-refractivity contribution in [3.63, 3.8) is 0 Å². The quantitative estimate of drug-likeness (QED) is 0.781. The molecule has 1 fully saturated rings.